The molecule has 10 nitrogen and oxygen atoms in total. The van der Waals surface area contributed by atoms with Crippen LogP contribution in [0.25, 0.3) is 0 Å². The van der Waals surface area contributed by atoms with Gasteiger partial charge in [-0.25, -0.2) is 26.3 Å². The van der Waals surface area contributed by atoms with Crippen molar-refractivity contribution in [1.82, 2.24) is 24.6 Å². The van der Waals surface area contributed by atoms with Crippen molar-refractivity contribution in [3.63, 3.8) is 0 Å². The molecule has 0 radical (unpaired) electrons. The third-order valence-corrected chi connectivity index (χ3v) is 9.34. The summed E-state index contributed by atoms with van der Waals surface area (Å²) in [6.07, 6.45) is 8.29. The number of sulfonamides is 2. The van der Waals surface area contributed by atoms with E-state index in [2.05, 4.69) is 67.0 Å². The molecule has 2 aromatic carbocycles. The van der Waals surface area contributed by atoms with Crippen molar-refractivity contribution in [2.45, 2.75) is 69.7 Å². The van der Waals surface area contributed by atoms with Crippen LogP contribution in [0.15, 0.2) is 60.7 Å². The quantitative estimate of drug-likeness (QED) is 0.346. The van der Waals surface area contributed by atoms with Gasteiger partial charge in [-0.05, 0) is 75.8 Å². The van der Waals surface area contributed by atoms with E-state index in [1.165, 1.54) is 23.6 Å². The second-order valence-corrected chi connectivity index (χ2v) is 15.5. The molecular weight excluding hydrogens is 585 g/mol. The number of hydrogen-bond donors (Lipinski definition) is 4. The molecule has 43 heavy (non-hydrogen) atoms. The average Bonchev–Trinajstić information content (AvgIpc) is 2.96. The summed E-state index contributed by atoms with van der Waals surface area (Å²) in [5, 5.41) is 3.17. The first-order chi connectivity index (χ1) is 20.4. The Balaban J connectivity index is 0.000000182. The van der Waals surface area contributed by atoms with Crippen molar-refractivity contribution in [3.8, 4) is 0 Å². The Labute approximate surface area is 259 Å². The summed E-state index contributed by atoms with van der Waals surface area (Å²) in [4.78, 5) is 4.86. The van der Waals surface area contributed by atoms with Gasteiger partial charge in [-0.1, -0.05) is 60.7 Å². The Morgan fingerprint density at radius 1 is 0.651 bits per heavy atom. The Bertz CT molecular complexity index is 1240. The topological polar surface area (TPSA) is 137 Å². The van der Waals surface area contributed by atoms with Crippen LogP contribution in [0, 0.1) is 0 Å². The molecule has 3 heterocycles. The maximum Gasteiger partial charge on any atom is 0.208 e. The summed E-state index contributed by atoms with van der Waals surface area (Å²) >= 11 is 0. The summed E-state index contributed by atoms with van der Waals surface area (Å²) < 4.78 is 49.1. The number of piperidine rings is 3. The highest BCUT2D eigenvalue weighted by molar-refractivity contribution is 7.89. The molecule has 3 fully saturated rings. The van der Waals surface area contributed by atoms with E-state index in [9.17, 15) is 16.8 Å². The minimum Gasteiger partial charge on any atom is -0.328 e. The molecule has 5 N–H and O–H groups in total. The predicted molar refractivity (Wildman–Crippen MR) is 176 cm³/mol. The van der Waals surface area contributed by atoms with Gasteiger partial charge in [0, 0.05) is 44.3 Å². The molecule has 3 saturated heterocycles. The highest BCUT2D eigenvalue weighted by atomic mass is 32.2. The van der Waals surface area contributed by atoms with Gasteiger partial charge in [0.2, 0.25) is 20.0 Å². The lowest BCUT2D eigenvalue weighted by molar-refractivity contribution is 0.200. The lowest BCUT2D eigenvalue weighted by Crippen LogP contribution is -2.43. The first-order valence-corrected chi connectivity index (χ1v) is 19.2. The van der Waals surface area contributed by atoms with Crippen molar-refractivity contribution >= 4 is 20.0 Å². The van der Waals surface area contributed by atoms with E-state index in [1.54, 1.807) is 0 Å². The van der Waals surface area contributed by atoms with Gasteiger partial charge < -0.3 is 11.1 Å². The molecule has 5 rings (SSSR count). The van der Waals surface area contributed by atoms with Crippen LogP contribution >= 0.6 is 0 Å². The summed E-state index contributed by atoms with van der Waals surface area (Å²) in [7, 11) is -6.07. The smallest absolute Gasteiger partial charge is 0.208 e. The Morgan fingerprint density at radius 3 is 1.42 bits per heavy atom. The van der Waals surface area contributed by atoms with Gasteiger partial charge in [-0.2, -0.15) is 0 Å². The molecule has 0 saturated carbocycles. The molecule has 3 aliphatic heterocycles. The van der Waals surface area contributed by atoms with E-state index in [0.717, 1.165) is 90.9 Å². The summed E-state index contributed by atoms with van der Waals surface area (Å²) in [6, 6.07) is 21.7. The van der Waals surface area contributed by atoms with Gasteiger partial charge >= 0.3 is 0 Å². The summed E-state index contributed by atoms with van der Waals surface area (Å²) in [6.45, 7) is 8.04. The van der Waals surface area contributed by atoms with Crippen LogP contribution in [0.5, 0.6) is 0 Å². The zero-order chi connectivity index (χ0) is 31.1. The Morgan fingerprint density at radius 2 is 1.02 bits per heavy atom. The van der Waals surface area contributed by atoms with Crippen molar-refractivity contribution in [2.24, 2.45) is 5.73 Å². The standard InChI is InChI=1S/C13H20N2O2S.C12H18N2.C6H14N2O2S/c1-18(16,17)14-13-7-9-15(10-8-13)11-12-5-3-2-4-6-12;13-12-6-8-14(9-7-12)10-11-4-2-1-3-5-11;1-11(9,10)8-6-2-4-7-5-3-6/h2-6,13-14H,7-11H2,1H3;1-5,12H,6-10,13H2;6-8H,2-5H2,1H3. The van der Waals surface area contributed by atoms with E-state index in [1.807, 2.05) is 18.2 Å². The van der Waals surface area contributed by atoms with E-state index >= 15 is 0 Å². The second-order valence-electron chi connectivity index (χ2n) is 11.9. The summed E-state index contributed by atoms with van der Waals surface area (Å²) in [5.41, 5.74) is 8.58. The third kappa shape index (κ3) is 16.1. The molecule has 0 aromatic heterocycles. The van der Waals surface area contributed by atoms with E-state index < -0.39 is 20.0 Å². The van der Waals surface area contributed by atoms with Gasteiger partial charge in [0.05, 0.1) is 12.5 Å². The highest BCUT2D eigenvalue weighted by Gasteiger charge is 2.21. The van der Waals surface area contributed by atoms with Crippen molar-refractivity contribution in [3.05, 3.63) is 71.8 Å². The Kier molecular flexibility index (Phi) is 15.0. The average molecular weight is 637 g/mol. The number of nitrogens with two attached hydrogens (primary N) is 1. The van der Waals surface area contributed by atoms with Crippen molar-refractivity contribution < 1.29 is 16.8 Å². The minimum atomic E-state index is -3.07. The van der Waals surface area contributed by atoms with Crippen molar-refractivity contribution in [1.29, 1.82) is 0 Å². The van der Waals surface area contributed by atoms with E-state index in [0.29, 0.717) is 6.04 Å². The molecule has 0 atom stereocenters. The highest BCUT2D eigenvalue weighted by Crippen LogP contribution is 2.14. The molecule has 0 aliphatic carbocycles. The number of rotatable bonds is 8. The van der Waals surface area contributed by atoms with Crippen LogP contribution in [-0.4, -0.2) is 96.5 Å². The van der Waals surface area contributed by atoms with Crippen LogP contribution < -0.4 is 20.5 Å². The first kappa shape index (κ1) is 35.6. The largest absolute Gasteiger partial charge is 0.328 e. The third-order valence-electron chi connectivity index (χ3n) is 7.82. The molecule has 0 unspecified atom stereocenters. The first-order valence-electron chi connectivity index (χ1n) is 15.4. The molecule has 0 amide bonds. The van der Waals surface area contributed by atoms with Gasteiger partial charge in [-0.3, -0.25) is 9.80 Å². The van der Waals surface area contributed by atoms with Crippen LogP contribution in [0.4, 0.5) is 0 Å². The zero-order valence-corrected chi connectivity index (χ0v) is 27.5. The lowest BCUT2D eigenvalue weighted by Gasteiger charge is -2.31. The number of benzene rings is 2. The molecular formula is C31H52N6O4S2. The lowest BCUT2D eigenvalue weighted by atomic mass is 10.1. The van der Waals surface area contributed by atoms with Crippen LogP contribution in [0.2, 0.25) is 0 Å². The van der Waals surface area contributed by atoms with Gasteiger partial charge in [0.15, 0.2) is 0 Å². The molecule has 0 bridgehead atoms. The molecule has 12 heteroatoms. The van der Waals surface area contributed by atoms with Crippen LogP contribution in [-0.2, 0) is 33.1 Å². The van der Waals surface area contributed by atoms with E-state index in [-0.39, 0.29) is 12.1 Å². The normalized spacial score (nSPS) is 20.0. The predicted octanol–water partition coefficient (Wildman–Crippen LogP) is 2.10. The monoisotopic (exact) mass is 636 g/mol. The fourth-order valence-electron chi connectivity index (χ4n) is 5.55. The maximum absolute atomic E-state index is 11.1. The number of nitrogens with one attached hydrogen (secondary N) is 3. The number of hydrogen-bond acceptors (Lipinski definition) is 8. The molecule has 3 aliphatic rings. The number of nitrogens with zero attached hydrogens (tertiary/aromatic N) is 2. The van der Waals surface area contributed by atoms with E-state index in [4.69, 9.17) is 5.73 Å². The zero-order valence-electron chi connectivity index (χ0n) is 25.8. The minimum absolute atomic E-state index is 0.104. The van der Waals surface area contributed by atoms with Gasteiger partial charge in [0.1, 0.15) is 0 Å². The molecule has 2 aromatic rings. The summed E-state index contributed by atoms with van der Waals surface area (Å²) in [5.74, 6) is 0. The van der Waals surface area contributed by atoms with Crippen LogP contribution in [0.1, 0.15) is 49.7 Å². The van der Waals surface area contributed by atoms with Gasteiger partial charge in [0.25, 0.3) is 0 Å². The van der Waals surface area contributed by atoms with Crippen LogP contribution in [0.3, 0.4) is 0 Å². The SMILES string of the molecule is CS(=O)(=O)NC1CCN(Cc2ccccc2)CC1.CS(=O)(=O)NC1CCNCC1.NC1CCN(Cc2ccccc2)CC1. The fraction of sp³-hybridized carbons (Fsp3) is 0.613. The molecule has 242 valence electrons. The van der Waals surface area contributed by atoms with Gasteiger partial charge in [-0.15, -0.1) is 0 Å². The number of likely N-dealkylation sites (tertiary alicyclic amines) is 2. The fourth-order valence-corrected chi connectivity index (χ4v) is 7.23. The van der Waals surface area contributed by atoms with Crippen molar-refractivity contribution in [2.75, 3.05) is 51.8 Å². The maximum atomic E-state index is 11.1. The Hall–Kier alpha value is -1.90. The molecule has 0 spiro atoms. The second kappa shape index (κ2) is 18.2.